The van der Waals surface area contributed by atoms with Crippen LogP contribution < -0.4 is 4.90 Å². The van der Waals surface area contributed by atoms with Gasteiger partial charge < -0.3 is 10.0 Å². The van der Waals surface area contributed by atoms with Crippen molar-refractivity contribution in [3.63, 3.8) is 0 Å². The number of alkyl halides is 3. The monoisotopic (exact) mass is 264 g/mol. The second kappa shape index (κ2) is 5.67. The van der Waals surface area contributed by atoms with Gasteiger partial charge in [-0.05, 0) is 12.1 Å². The molecule has 0 aliphatic heterocycles. The molecule has 0 saturated heterocycles. The summed E-state index contributed by atoms with van der Waals surface area (Å²) in [7, 11) is 0. The average Bonchev–Trinajstić information content (AvgIpc) is 2.27. The van der Waals surface area contributed by atoms with Crippen LogP contribution in [-0.4, -0.2) is 35.9 Å². The van der Waals surface area contributed by atoms with Gasteiger partial charge in [0.2, 0.25) is 0 Å². The van der Waals surface area contributed by atoms with Gasteiger partial charge >= 0.3 is 6.18 Å². The number of nitro benzene ring substituents is 1. The van der Waals surface area contributed by atoms with E-state index in [9.17, 15) is 23.3 Å². The Balaban J connectivity index is 2.88. The van der Waals surface area contributed by atoms with Crippen LogP contribution in [0.4, 0.5) is 24.5 Å². The molecule has 0 bridgehead atoms. The van der Waals surface area contributed by atoms with E-state index >= 15 is 0 Å². The summed E-state index contributed by atoms with van der Waals surface area (Å²) in [5.74, 6) is 0. The number of rotatable bonds is 5. The largest absolute Gasteiger partial charge is 0.405 e. The van der Waals surface area contributed by atoms with Crippen LogP contribution in [0.3, 0.4) is 0 Å². The molecule has 5 nitrogen and oxygen atoms in total. The summed E-state index contributed by atoms with van der Waals surface area (Å²) in [5.41, 5.74) is -0.0262. The zero-order valence-corrected chi connectivity index (χ0v) is 9.22. The van der Waals surface area contributed by atoms with Crippen LogP contribution in [0.2, 0.25) is 0 Å². The van der Waals surface area contributed by atoms with E-state index < -0.39 is 24.3 Å². The number of halogens is 3. The van der Waals surface area contributed by atoms with Crippen LogP contribution in [0.1, 0.15) is 0 Å². The molecule has 1 aromatic rings. The lowest BCUT2D eigenvalue weighted by atomic mass is 10.2. The molecule has 0 aliphatic carbocycles. The highest BCUT2D eigenvalue weighted by Crippen LogP contribution is 2.23. The normalized spacial score (nSPS) is 11.3. The summed E-state index contributed by atoms with van der Waals surface area (Å²) in [6.07, 6.45) is -4.41. The first-order valence-electron chi connectivity index (χ1n) is 5.00. The molecule has 0 aliphatic rings. The highest BCUT2D eigenvalue weighted by molar-refractivity contribution is 5.51. The summed E-state index contributed by atoms with van der Waals surface area (Å²) in [4.78, 5) is 10.7. The van der Waals surface area contributed by atoms with Gasteiger partial charge in [0.25, 0.3) is 5.69 Å². The van der Waals surface area contributed by atoms with Gasteiger partial charge in [-0.2, -0.15) is 13.2 Å². The quantitative estimate of drug-likeness (QED) is 0.652. The van der Waals surface area contributed by atoms with Crippen molar-refractivity contribution >= 4 is 11.4 Å². The molecular weight excluding hydrogens is 253 g/mol. The average molecular weight is 264 g/mol. The van der Waals surface area contributed by atoms with Crippen molar-refractivity contribution in [1.29, 1.82) is 0 Å². The third kappa shape index (κ3) is 4.21. The molecule has 0 amide bonds. The van der Waals surface area contributed by atoms with E-state index in [1.165, 1.54) is 12.1 Å². The lowest BCUT2D eigenvalue weighted by Gasteiger charge is -2.24. The molecule has 1 aromatic carbocycles. The van der Waals surface area contributed by atoms with Gasteiger partial charge in [0.1, 0.15) is 6.54 Å². The number of non-ortho nitro benzene ring substituents is 1. The third-order valence-electron chi connectivity index (χ3n) is 2.17. The predicted octanol–water partition coefficient (Wildman–Crippen LogP) is 1.96. The van der Waals surface area contributed by atoms with E-state index in [-0.39, 0.29) is 17.9 Å². The van der Waals surface area contributed by atoms with Crippen molar-refractivity contribution in [3.8, 4) is 0 Å². The lowest BCUT2D eigenvalue weighted by Crippen LogP contribution is -2.36. The summed E-state index contributed by atoms with van der Waals surface area (Å²) >= 11 is 0. The molecule has 0 saturated carbocycles. The standard InChI is InChI=1S/C10H11F3N2O3/c11-10(12,13)7-14(5-6-16)8-1-3-9(4-2-8)15(17)18/h1-4,16H,5-7H2. The Morgan fingerprint density at radius 3 is 2.22 bits per heavy atom. The summed E-state index contributed by atoms with van der Waals surface area (Å²) < 4.78 is 36.9. The van der Waals surface area contributed by atoms with Crippen molar-refractivity contribution in [2.75, 3.05) is 24.6 Å². The predicted molar refractivity (Wildman–Crippen MR) is 58.5 cm³/mol. The first-order valence-corrected chi connectivity index (χ1v) is 5.00. The third-order valence-corrected chi connectivity index (χ3v) is 2.17. The molecule has 1 N–H and O–H groups in total. The minimum atomic E-state index is -4.41. The highest BCUT2D eigenvalue weighted by atomic mass is 19.4. The fourth-order valence-corrected chi connectivity index (χ4v) is 1.42. The van der Waals surface area contributed by atoms with Crippen molar-refractivity contribution in [3.05, 3.63) is 34.4 Å². The van der Waals surface area contributed by atoms with Gasteiger partial charge in [0.05, 0.1) is 11.5 Å². The van der Waals surface area contributed by atoms with Gasteiger partial charge in [-0.25, -0.2) is 0 Å². The Bertz CT molecular complexity index is 406. The molecule has 1 rings (SSSR count). The second-order valence-electron chi connectivity index (χ2n) is 3.53. The van der Waals surface area contributed by atoms with E-state index in [1.807, 2.05) is 0 Å². The van der Waals surface area contributed by atoms with E-state index in [0.717, 1.165) is 17.0 Å². The van der Waals surface area contributed by atoms with Crippen LogP contribution >= 0.6 is 0 Å². The van der Waals surface area contributed by atoms with Gasteiger partial charge in [0, 0.05) is 24.4 Å². The van der Waals surface area contributed by atoms with Gasteiger partial charge in [-0.1, -0.05) is 0 Å². The highest BCUT2D eigenvalue weighted by Gasteiger charge is 2.30. The summed E-state index contributed by atoms with van der Waals surface area (Å²) in [6.45, 7) is -1.85. The molecule has 0 unspecified atom stereocenters. The molecular formula is C10H11F3N2O3. The minimum Gasteiger partial charge on any atom is -0.395 e. The molecule has 100 valence electrons. The molecule has 0 radical (unpaired) electrons. The summed E-state index contributed by atoms with van der Waals surface area (Å²) in [5, 5.41) is 19.1. The van der Waals surface area contributed by atoms with E-state index in [1.54, 1.807) is 0 Å². The van der Waals surface area contributed by atoms with E-state index in [0.29, 0.717) is 0 Å². The Morgan fingerprint density at radius 2 is 1.83 bits per heavy atom. The number of nitro groups is 1. The van der Waals surface area contributed by atoms with Crippen molar-refractivity contribution in [2.45, 2.75) is 6.18 Å². The number of aliphatic hydroxyl groups is 1. The van der Waals surface area contributed by atoms with Crippen LogP contribution in [0.25, 0.3) is 0 Å². The summed E-state index contributed by atoms with van der Waals surface area (Å²) in [6, 6.07) is 4.69. The minimum absolute atomic E-state index is 0.173. The van der Waals surface area contributed by atoms with Crippen LogP contribution in [0.15, 0.2) is 24.3 Å². The SMILES string of the molecule is O=[N+]([O-])c1ccc(N(CCO)CC(F)(F)F)cc1. The number of hydrogen-bond donors (Lipinski definition) is 1. The fourth-order valence-electron chi connectivity index (χ4n) is 1.42. The van der Waals surface area contributed by atoms with Gasteiger partial charge in [0.15, 0.2) is 0 Å². The van der Waals surface area contributed by atoms with Crippen molar-refractivity contribution in [1.82, 2.24) is 0 Å². The van der Waals surface area contributed by atoms with Crippen molar-refractivity contribution in [2.24, 2.45) is 0 Å². The van der Waals surface area contributed by atoms with Crippen LogP contribution in [0, 0.1) is 10.1 Å². The molecule has 0 aromatic heterocycles. The number of nitrogens with zero attached hydrogens (tertiary/aromatic N) is 2. The Kier molecular flexibility index (Phi) is 4.49. The van der Waals surface area contributed by atoms with Gasteiger partial charge in [-0.15, -0.1) is 0 Å². The smallest absolute Gasteiger partial charge is 0.395 e. The molecule has 18 heavy (non-hydrogen) atoms. The Morgan fingerprint density at radius 1 is 1.28 bits per heavy atom. The van der Waals surface area contributed by atoms with Crippen LogP contribution in [0.5, 0.6) is 0 Å². The number of aliphatic hydroxyl groups excluding tert-OH is 1. The van der Waals surface area contributed by atoms with Crippen LogP contribution in [-0.2, 0) is 0 Å². The number of hydrogen-bond acceptors (Lipinski definition) is 4. The lowest BCUT2D eigenvalue weighted by molar-refractivity contribution is -0.384. The maximum atomic E-state index is 12.3. The molecule has 0 atom stereocenters. The molecule has 0 heterocycles. The Labute approximate surface area is 101 Å². The number of anilines is 1. The Hall–Kier alpha value is -1.83. The fraction of sp³-hybridized carbons (Fsp3) is 0.400. The molecule has 0 fully saturated rings. The second-order valence-corrected chi connectivity index (χ2v) is 3.53. The molecule has 8 heteroatoms. The topological polar surface area (TPSA) is 66.6 Å². The molecule has 0 spiro atoms. The van der Waals surface area contributed by atoms with Crippen molar-refractivity contribution < 1.29 is 23.2 Å². The zero-order valence-electron chi connectivity index (χ0n) is 9.22. The maximum absolute atomic E-state index is 12.3. The maximum Gasteiger partial charge on any atom is 0.405 e. The first-order chi connectivity index (χ1) is 8.33. The van der Waals surface area contributed by atoms with E-state index in [4.69, 9.17) is 5.11 Å². The van der Waals surface area contributed by atoms with Gasteiger partial charge in [-0.3, -0.25) is 10.1 Å². The first kappa shape index (κ1) is 14.2. The number of benzene rings is 1. The van der Waals surface area contributed by atoms with E-state index in [2.05, 4.69) is 0 Å². The zero-order chi connectivity index (χ0) is 13.8.